The summed E-state index contributed by atoms with van der Waals surface area (Å²) in [4.78, 5) is 12.5. The molecule has 1 rings (SSSR count). The SMILES string of the molecule is CCSc1ccc(CNC(=O)C(O)CN)cc1. The van der Waals surface area contributed by atoms with Crippen LogP contribution in [0.15, 0.2) is 29.2 Å². The van der Waals surface area contributed by atoms with E-state index in [-0.39, 0.29) is 6.54 Å². The quantitative estimate of drug-likeness (QED) is 0.654. The molecule has 1 aromatic carbocycles. The number of hydrogen-bond donors (Lipinski definition) is 3. The summed E-state index contributed by atoms with van der Waals surface area (Å²) < 4.78 is 0. The number of benzene rings is 1. The Labute approximate surface area is 106 Å². The van der Waals surface area contributed by atoms with Crippen LogP contribution in [-0.4, -0.2) is 29.4 Å². The lowest BCUT2D eigenvalue weighted by molar-refractivity contribution is -0.128. The topological polar surface area (TPSA) is 75.3 Å². The molecule has 0 heterocycles. The van der Waals surface area contributed by atoms with Gasteiger partial charge in [0.1, 0.15) is 6.10 Å². The number of rotatable bonds is 6. The van der Waals surface area contributed by atoms with Gasteiger partial charge in [-0.05, 0) is 23.4 Å². The maximum atomic E-state index is 11.3. The highest BCUT2D eigenvalue weighted by Crippen LogP contribution is 2.17. The van der Waals surface area contributed by atoms with E-state index in [1.54, 1.807) is 11.8 Å². The molecule has 0 saturated carbocycles. The Morgan fingerprint density at radius 1 is 1.47 bits per heavy atom. The first-order valence-electron chi connectivity index (χ1n) is 5.55. The highest BCUT2D eigenvalue weighted by molar-refractivity contribution is 7.99. The zero-order chi connectivity index (χ0) is 12.7. The monoisotopic (exact) mass is 254 g/mol. The lowest BCUT2D eigenvalue weighted by atomic mass is 10.2. The largest absolute Gasteiger partial charge is 0.382 e. The summed E-state index contributed by atoms with van der Waals surface area (Å²) in [5.41, 5.74) is 6.18. The van der Waals surface area contributed by atoms with Crippen LogP contribution in [0.25, 0.3) is 0 Å². The van der Waals surface area contributed by atoms with Crippen LogP contribution < -0.4 is 11.1 Å². The van der Waals surface area contributed by atoms with E-state index in [0.717, 1.165) is 11.3 Å². The Morgan fingerprint density at radius 3 is 2.65 bits per heavy atom. The second kappa shape index (κ2) is 7.32. The third-order valence-electron chi connectivity index (χ3n) is 2.23. The molecule has 0 spiro atoms. The average molecular weight is 254 g/mol. The molecule has 1 atom stereocenters. The fraction of sp³-hybridized carbons (Fsp3) is 0.417. The number of aliphatic hydroxyl groups is 1. The molecule has 4 nitrogen and oxygen atoms in total. The van der Waals surface area contributed by atoms with Gasteiger partial charge in [0.2, 0.25) is 5.91 Å². The molecule has 0 aliphatic rings. The molecule has 0 radical (unpaired) electrons. The molecular formula is C12H18N2O2S. The van der Waals surface area contributed by atoms with Crippen LogP contribution in [0.3, 0.4) is 0 Å². The second-order valence-corrected chi connectivity index (χ2v) is 4.88. The number of hydrogen-bond acceptors (Lipinski definition) is 4. The normalized spacial score (nSPS) is 12.2. The molecule has 0 fully saturated rings. The molecule has 17 heavy (non-hydrogen) atoms. The van der Waals surface area contributed by atoms with Gasteiger partial charge in [-0.3, -0.25) is 4.79 Å². The molecule has 0 aliphatic carbocycles. The van der Waals surface area contributed by atoms with Crippen LogP contribution >= 0.6 is 11.8 Å². The summed E-state index contributed by atoms with van der Waals surface area (Å²) in [6, 6.07) is 7.98. The van der Waals surface area contributed by atoms with Crippen molar-refractivity contribution in [1.29, 1.82) is 0 Å². The van der Waals surface area contributed by atoms with Gasteiger partial charge in [-0.2, -0.15) is 0 Å². The fourth-order valence-electron chi connectivity index (χ4n) is 1.28. The summed E-state index contributed by atoms with van der Waals surface area (Å²) in [6.07, 6.45) is -1.12. The van der Waals surface area contributed by atoms with Crippen molar-refractivity contribution in [2.45, 2.75) is 24.5 Å². The molecule has 0 bridgehead atoms. The Kier molecular flexibility index (Phi) is 6.04. The molecule has 5 heteroatoms. The van der Waals surface area contributed by atoms with Crippen LogP contribution in [0.1, 0.15) is 12.5 Å². The van der Waals surface area contributed by atoms with Crippen molar-refractivity contribution < 1.29 is 9.90 Å². The van der Waals surface area contributed by atoms with E-state index in [1.165, 1.54) is 4.90 Å². The number of aliphatic hydroxyl groups excluding tert-OH is 1. The molecule has 1 unspecified atom stereocenters. The van der Waals surface area contributed by atoms with Gasteiger partial charge in [0.25, 0.3) is 0 Å². The van der Waals surface area contributed by atoms with Gasteiger partial charge < -0.3 is 16.2 Å². The van der Waals surface area contributed by atoms with Crippen LogP contribution in [0.2, 0.25) is 0 Å². The number of amides is 1. The first kappa shape index (κ1) is 14.0. The molecule has 94 valence electrons. The zero-order valence-corrected chi connectivity index (χ0v) is 10.7. The third kappa shape index (κ3) is 4.77. The number of nitrogens with one attached hydrogen (secondary N) is 1. The van der Waals surface area contributed by atoms with E-state index in [0.29, 0.717) is 6.54 Å². The highest BCUT2D eigenvalue weighted by atomic mass is 32.2. The average Bonchev–Trinajstić information content (AvgIpc) is 2.37. The summed E-state index contributed by atoms with van der Waals surface area (Å²) in [5, 5.41) is 11.8. The van der Waals surface area contributed by atoms with Crippen molar-refractivity contribution in [3.8, 4) is 0 Å². The van der Waals surface area contributed by atoms with Gasteiger partial charge in [0.05, 0.1) is 0 Å². The third-order valence-corrected chi connectivity index (χ3v) is 3.12. The second-order valence-electron chi connectivity index (χ2n) is 3.55. The van der Waals surface area contributed by atoms with Crippen molar-refractivity contribution >= 4 is 17.7 Å². The Hall–Kier alpha value is -1.04. The van der Waals surface area contributed by atoms with Crippen molar-refractivity contribution in [2.75, 3.05) is 12.3 Å². The van der Waals surface area contributed by atoms with Gasteiger partial charge in [0, 0.05) is 18.0 Å². The molecule has 0 aliphatic heterocycles. The summed E-state index contributed by atoms with van der Waals surface area (Å²) in [6.45, 7) is 2.46. The van der Waals surface area contributed by atoms with E-state index >= 15 is 0 Å². The number of carbonyl (C=O) groups excluding carboxylic acids is 1. The smallest absolute Gasteiger partial charge is 0.250 e. The Bertz CT molecular complexity index is 354. The summed E-state index contributed by atoms with van der Waals surface area (Å²) in [7, 11) is 0. The highest BCUT2D eigenvalue weighted by Gasteiger charge is 2.11. The van der Waals surface area contributed by atoms with Gasteiger partial charge in [-0.25, -0.2) is 0 Å². The summed E-state index contributed by atoms with van der Waals surface area (Å²) in [5.74, 6) is 0.609. The standard InChI is InChI=1S/C12H18N2O2S/c1-2-17-10-5-3-9(4-6-10)8-14-12(16)11(15)7-13/h3-6,11,15H,2,7-8,13H2,1H3,(H,14,16). The molecular weight excluding hydrogens is 236 g/mol. The van der Waals surface area contributed by atoms with Crippen molar-refractivity contribution in [2.24, 2.45) is 5.73 Å². The van der Waals surface area contributed by atoms with Gasteiger partial charge in [0.15, 0.2) is 0 Å². The van der Waals surface area contributed by atoms with Crippen LogP contribution in [0.4, 0.5) is 0 Å². The molecule has 0 aromatic heterocycles. The lowest BCUT2D eigenvalue weighted by Crippen LogP contribution is -2.38. The maximum Gasteiger partial charge on any atom is 0.250 e. The maximum absolute atomic E-state index is 11.3. The van der Waals surface area contributed by atoms with Gasteiger partial charge >= 0.3 is 0 Å². The predicted octanol–water partition coefficient (Wildman–Crippen LogP) is 0.734. The van der Waals surface area contributed by atoms with Crippen LogP contribution in [0, 0.1) is 0 Å². The van der Waals surface area contributed by atoms with E-state index in [4.69, 9.17) is 5.73 Å². The lowest BCUT2D eigenvalue weighted by Gasteiger charge is -2.09. The van der Waals surface area contributed by atoms with E-state index < -0.39 is 12.0 Å². The minimum Gasteiger partial charge on any atom is -0.382 e. The Balaban J connectivity index is 2.44. The zero-order valence-electron chi connectivity index (χ0n) is 9.85. The van der Waals surface area contributed by atoms with Crippen molar-refractivity contribution in [3.63, 3.8) is 0 Å². The molecule has 1 aromatic rings. The van der Waals surface area contributed by atoms with E-state index in [1.807, 2.05) is 24.3 Å². The summed E-state index contributed by atoms with van der Waals surface area (Å²) >= 11 is 1.77. The molecule has 4 N–H and O–H groups in total. The number of carbonyl (C=O) groups is 1. The number of nitrogens with two attached hydrogens (primary N) is 1. The number of thioether (sulfide) groups is 1. The predicted molar refractivity (Wildman–Crippen MR) is 69.7 cm³/mol. The Morgan fingerprint density at radius 2 is 2.12 bits per heavy atom. The first-order chi connectivity index (χ1) is 8.17. The minimum absolute atomic E-state index is 0.0576. The van der Waals surface area contributed by atoms with Crippen molar-refractivity contribution in [3.05, 3.63) is 29.8 Å². The van der Waals surface area contributed by atoms with Gasteiger partial charge in [-0.1, -0.05) is 19.1 Å². The van der Waals surface area contributed by atoms with E-state index in [9.17, 15) is 9.90 Å². The van der Waals surface area contributed by atoms with Crippen LogP contribution in [0.5, 0.6) is 0 Å². The van der Waals surface area contributed by atoms with Crippen LogP contribution in [-0.2, 0) is 11.3 Å². The molecule has 0 saturated heterocycles. The molecule has 1 amide bonds. The fourth-order valence-corrected chi connectivity index (χ4v) is 1.95. The first-order valence-corrected chi connectivity index (χ1v) is 6.53. The van der Waals surface area contributed by atoms with E-state index in [2.05, 4.69) is 12.2 Å². The van der Waals surface area contributed by atoms with Crippen molar-refractivity contribution in [1.82, 2.24) is 5.32 Å². The minimum atomic E-state index is -1.12. The van der Waals surface area contributed by atoms with Gasteiger partial charge in [-0.15, -0.1) is 11.8 Å².